The summed E-state index contributed by atoms with van der Waals surface area (Å²) >= 11 is 5.56. The average molecular weight is 174 g/mol. The summed E-state index contributed by atoms with van der Waals surface area (Å²) in [6.07, 6.45) is 1.55. The molecule has 60 valence electrons. The molecular weight excluding hydrogens is 166 g/mol. The minimum absolute atomic E-state index is 0.0654. The SMILES string of the molecule is Cc1c(C(Cl)=NO)cnn1C. The summed E-state index contributed by atoms with van der Waals surface area (Å²) in [5.41, 5.74) is 1.52. The normalized spacial score (nSPS) is 12.1. The minimum atomic E-state index is 0.0654. The third-order valence-electron chi connectivity index (χ3n) is 1.55. The predicted octanol–water partition coefficient (Wildman–Crippen LogP) is 1.10. The molecule has 0 saturated heterocycles. The van der Waals surface area contributed by atoms with Gasteiger partial charge in [-0.3, -0.25) is 4.68 Å². The molecular formula is C6H8ClN3O. The Labute approximate surface area is 69.1 Å². The van der Waals surface area contributed by atoms with Crippen LogP contribution in [0, 0.1) is 6.92 Å². The van der Waals surface area contributed by atoms with E-state index >= 15 is 0 Å². The number of halogens is 1. The lowest BCUT2D eigenvalue weighted by molar-refractivity contribution is 0.321. The van der Waals surface area contributed by atoms with Crippen LogP contribution in [-0.2, 0) is 7.05 Å². The Hall–Kier alpha value is -1.03. The summed E-state index contributed by atoms with van der Waals surface area (Å²) in [4.78, 5) is 0. The van der Waals surface area contributed by atoms with E-state index in [1.165, 1.54) is 0 Å². The molecule has 0 aliphatic rings. The standard InChI is InChI=1S/C6H8ClN3O/c1-4-5(6(7)9-11)3-8-10(4)2/h3,11H,1-2H3. The molecule has 0 aliphatic heterocycles. The lowest BCUT2D eigenvalue weighted by atomic mass is 10.3. The highest BCUT2D eigenvalue weighted by molar-refractivity contribution is 6.69. The van der Waals surface area contributed by atoms with Crippen molar-refractivity contribution in [2.24, 2.45) is 12.2 Å². The molecule has 0 saturated carbocycles. The van der Waals surface area contributed by atoms with Crippen LogP contribution in [0.4, 0.5) is 0 Å². The van der Waals surface area contributed by atoms with Gasteiger partial charge in [0.2, 0.25) is 0 Å². The number of oxime groups is 1. The van der Waals surface area contributed by atoms with Crippen LogP contribution in [0.2, 0.25) is 0 Å². The zero-order chi connectivity index (χ0) is 8.43. The summed E-state index contributed by atoms with van der Waals surface area (Å²) in [6.45, 7) is 1.84. The molecule has 0 amide bonds. The van der Waals surface area contributed by atoms with Gasteiger partial charge in [0.25, 0.3) is 0 Å². The first-order valence-electron chi connectivity index (χ1n) is 3.03. The Kier molecular flexibility index (Phi) is 2.14. The summed E-state index contributed by atoms with van der Waals surface area (Å²) < 4.78 is 1.66. The first-order valence-corrected chi connectivity index (χ1v) is 3.41. The van der Waals surface area contributed by atoms with Gasteiger partial charge in [-0.2, -0.15) is 5.10 Å². The molecule has 1 rings (SSSR count). The summed E-state index contributed by atoms with van der Waals surface area (Å²) in [7, 11) is 1.79. The van der Waals surface area contributed by atoms with Gasteiger partial charge >= 0.3 is 0 Å². The number of nitrogens with zero attached hydrogens (tertiary/aromatic N) is 3. The van der Waals surface area contributed by atoms with Crippen molar-refractivity contribution in [1.82, 2.24) is 9.78 Å². The number of rotatable bonds is 1. The lowest BCUT2D eigenvalue weighted by Crippen LogP contribution is -1.96. The molecule has 4 nitrogen and oxygen atoms in total. The van der Waals surface area contributed by atoms with E-state index in [1.807, 2.05) is 6.92 Å². The van der Waals surface area contributed by atoms with Crippen LogP contribution in [0.25, 0.3) is 0 Å². The van der Waals surface area contributed by atoms with Crippen molar-refractivity contribution < 1.29 is 5.21 Å². The predicted molar refractivity (Wildman–Crippen MR) is 42.1 cm³/mol. The molecule has 1 N–H and O–H groups in total. The van der Waals surface area contributed by atoms with E-state index in [9.17, 15) is 0 Å². The third-order valence-corrected chi connectivity index (χ3v) is 1.82. The molecule has 0 fully saturated rings. The number of hydrogen-bond acceptors (Lipinski definition) is 3. The summed E-state index contributed by atoms with van der Waals surface area (Å²) in [5, 5.41) is 15.2. The number of hydrogen-bond donors (Lipinski definition) is 1. The number of aromatic nitrogens is 2. The van der Waals surface area contributed by atoms with Crippen molar-refractivity contribution >= 4 is 16.8 Å². The van der Waals surface area contributed by atoms with Crippen molar-refractivity contribution in [3.05, 3.63) is 17.5 Å². The van der Waals surface area contributed by atoms with E-state index in [0.717, 1.165) is 5.69 Å². The minimum Gasteiger partial charge on any atom is -0.410 e. The van der Waals surface area contributed by atoms with Crippen molar-refractivity contribution in [1.29, 1.82) is 0 Å². The van der Waals surface area contributed by atoms with Crippen molar-refractivity contribution in [2.45, 2.75) is 6.92 Å². The monoisotopic (exact) mass is 173 g/mol. The summed E-state index contributed by atoms with van der Waals surface area (Å²) in [5.74, 6) is 0. The Morgan fingerprint density at radius 1 is 1.82 bits per heavy atom. The van der Waals surface area contributed by atoms with E-state index in [4.69, 9.17) is 16.8 Å². The molecule has 1 heterocycles. The Bertz CT molecular complexity index is 292. The molecule has 0 atom stereocenters. The molecule has 1 aromatic heterocycles. The molecule has 0 aromatic carbocycles. The maximum absolute atomic E-state index is 8.34. The van der Waals surface area contributed by atoms with E-state index in [-0.39, 0.29) is 5.17 Å². The smallest absolute Gasteiger partial charge is 0.178 e. The van der Waals surface area contributed by atoms with Crippen LogP contribution in [0.3, 0.4) is 0 Å². The fraction of sp³-hybridized carbons (Fsp3) is 0.333. The quantitative estimate of drug-likeness (QED) is 0.393. The maximum atomic E-state index is 8.34. The van der Waals surface area contributed by atoms with Gasteiger partial charge in [0.1, 0.15) is 0 Å². The molecule has 0 aliphatic carbocycles. The topological polar surface area (TPSA) is 50.4 Å². The molecule has 0 unspecified atom stereocenters. The van der Waals surface area contributed by atoms with E-state index in [2.05, 4.69) is 10.3 Å². The highest BCUT2D eigenvalue weighted by Gasteiger charge is 2.07. The van der Waals surface area contributed by atoms with Crippen LogP contribution in [-0.4, -0.2) is 20.2 Å². The van der Waals surface area contributed by atoms with E-state index in [0.29, 0.717) is 5.56 Å². The van der Waals surface area contributed by atoms with Gasteiger partial charge in [-0.25, -0.2) is 0 Å². The van der Waals surface area contributed by atoms with Gasteiger partial charge in [0, 0.05) is 12.7 Å². The zero-order valence-electron chi connectivity index (χ0n) is 6.24. The van der Waals surface area contributed by atoms with Gasteiger partial charge in [0.15, 0.2) is 5.17 Å². The van der Waals surface area contributed by atoms with Crippen LogP contribution in [0.1, 0.15) is 11.3 Å². The number of aryl methyl sites for hydroxylation is 1. The Morgan fingerprint density at radius 2 is 2.45 bits per heavy atom. The molecule has 0 bridgehead atoms. The maximum Gasteiger partial charge on any atom is 0.178 e. The van der Waals surface area contributed by atoms with E-state index < -0.39 is 0 Å². The Balaban J connectivity index is 3.15. The molecule has 11 heavy (non-hydrogen) atoms. The van der Waals surface area contributed by atoms with E-state index in [1.54, 1.807) is 17.9 Å². The van der Waals surface area contributed by atoms with Crippen LogP contribution in [0.15, 0.2) is 11.4 Å². The van der Waals surface area contributed by atoms with Crippen molar-refractivity contribution in [3.63, 3.8) is 0 Å². The lowest BCUT2D eigenvalue weighted by Gasteiger charge is -1.94. The fourth-order valence-corrected chi connectivity index (χ4v) is 0.941. The molecule has 0 radical (unpaired) electrons. The second-order valence-electron chi connectivity index (χ2n) is 2.16. The van der Waals surface area contributed by atoms with Gasteiger partial charge in [0.05, 0.1) is 11.8 Å². The largest absolute Gasteiger partial charge is 0.410 e. The second-order valence-corrected chi connectivity index (χ2v) is 2.52. The Morgan fingerprint density at radius 3 is 2.82 bits per heavy atom. The van der Waals surface area contributed by atoms with Gasteiger partial charge in [-0.1, -0.05) is 16.8 Å². The molecule has 0 spiro atoms. The van der Waals surface area contributed by atoms with Crippen molar-refractivity contribution in [2.75, 3.05) is 0 Å². The third kappa shape index (κ3) is 1.35. The van der Waals surface area contributed by atoms with Crippen LogP contribution >= 0.6 is 11.6 Å². The zero-order valence-corrected chi connectivity index (χ0v) is 7.00. The second kappa shape index (κ2) is 2.92. The van der Waals surface area contributed by atoms with Gasteiger partial charge < -0.3 is 5.21 Å². The van der Waals surface area contributed by atoms with Crippen molar-refractivity contribution in [3.8, 4) is 0 Å². The fourth-order valence-electron chi connectivity index (χ4n) is 0.755. The summed E-state index contributed by atoms with van der Waals surface area (Å²) in [6, 6.07) is 0. The average Bonchev–Trinajstić information content (AvgIpc) is 2.32. The highest BCUT2D eigenvalue weighted by atomic mass is 35.5. The highest BCUT2D eigenvalue weighted by Crippen LogP contribution is 2.09. The first-order chi connectivity index (χ1) is 5.16. The molecule has 1 aromatic rings. The van der Waals surface area contributed by atoms with Gasteiger partial charge in [-0.05, 0) is 6.92 Å². The van der Waals surface area contributed by atoms with Crippen LogP contribution in [0.5, 0.6) is 0 Å². The molecule has 5 heteroatoms. The first kappa shape index (κ1) is 8.07. The van der Waals surface area contributed by atoms with Gasteiger partial charge in [-0.15, -0.1) is 0 Å². The van der Waals surface area contributed by atoms with Crippen LogP contribution < -0.4 is 0 Å².